The number of fused-ring (bicyclic) bond motifs is 10. The third-order valence-electron chi connectivity index (χ3n) is 21.7. The minimum absolute atomic E-state index is 0.0253. The van der Waals surface area contributed by atoms with Gasteiger partial charge in [0.05, 0.1) is 66.1 Å². The van der Waals surface area contributed by atoms with E-state index in [0.29, 0.717) is 0 Å². The van der Waals surface area contributed by atoms with Crippen molar-refractivity contribution in [1.82, 2.24) is 0 Å². The van der Waals surface area contributed by atoms with E-state index in [0.717, 1.165) is 0 Å². The van der Waals surface area contributed by atoms with Crippen molar-refractivity contribution in [2.24, 2.45) is 0 Å². The number of aliphatic hydroxyl groups is 22. The van der Waals surface area contributed by atoms with Crippen molar-refractivity contribution >= 4 is 6.29 Å². The SMILES string of the molecule is O=C[C@H](O)[C@@H](O[C@@H]1O[C@H]2CO[C@H](C2O[C@@H]2O[C@H](CO)[C@H](O)[C@H](O[C@@H]3O[C@H]4CO[C@H](C4O[C@@H]4O[C@H](CO)[C@H](O)[C@H](O[C@@H]5O[C@H]6CO[C@H](C6O[C@@H]6O[C@H](CO)[C@H](O)[C@H](O[C@@H]7O[C@H]8CO[C@H](C8O[C@@H]8O[C@H](CO)[C@H](O)[C@H](O[C@@H]9O[C@H]%10CO[C@H](C%10O)[C@@H]9O)[C@H]8O)[C@@H]7O)[C@H]6O)[C@@H]5O)[C@H]4O)[C@@H]3O)[C@H]2O)[C@@H]1O)[C@@H](O)[C@H](O)CO. The third-order valence-corrected chi connectivity index (χ3v) is 21.7. The molecule has 46 nitrogen and oxygen atoms in total. The molecule has 49 atom stereocenters. The molecule has 14 rings (SSSR count). The molecule has 0 aromatic carbocycles. The van der Waals surface area contributed by atoms with E-state index in [-0.39, 0.29) is 39.3 Å². The number of hydrogen-bond donors (Lipinski definition) is 22. The van der Waals surface area contributed by atoms with Crippen LogP contribution in [0, 0.1) is 0 Å². The second-order valence-corrected chi connectivity index (χ2v) is 28.2. The highest BCUT2D eigenvalue weighted by Crippen LogP contribution is 2.44. The average Bonchev–Trinajstić information content (AvgIpc) is 1.38. The van der Waals surface area contributed by atoms with E-state index in [4.69, 9.17) is 109 Å². The Labute approximate surface area is 597 Å². The molecule has 14 fully saturated rings. The minimum Gasteiger partial charge on any atom is -0.394 e. The zero-order valence-electron chi connectivity index (χ0n) is 55.6. The van der Waals surface area contributed by atoms with Gasteiger partial charge in [-0.25, -0.2) is 0 Å². The summed E-state index contributed by atoms with van der Waals surface area (Å²) in [5.74, 6) is 0. The first kappa shape index (κ1) is 80.5. The Morgan fingerprint density at radius 2 is 0.538 bits per heavy atom. The maximum Gasteiger partial charge on any atom is 0.187 e. The van der Waals surface area contributed by atoms with Crippen LogP contribution < -0.4 is 0 Å². The Morgan fingerprint density at radius 1 is 0.292 bits per heavy atom. The van der Waals surface area contributed by atoms with Gasteiger partial charge in [-0.15, -0.1) is 0 Å². The predicted octanol–water partition coefficient (Wildman–Crippen LogP) is -17.7. The Kier molecular flexibility index (Phi) is 25.3. The molecule has 14 saturated heterocycles. The van der Waals surface area contributed by atoms with Gasteiger partial charge in [0.2, 0.25) is 0 Å². The third kappa shape index (κ3) is 15.0. The Bertz CT molecular complexity index is 2850. The van der Waals surface area contributed by atoms with Gasteiger partial charge in [0, 0.05) is 0 Å². The molecule has 14 aliphatic heterocycles. The number of carbonyl (C=O) groups excluding carboxylic acids is 1. The van der Waals surface area contributed by atoms with Crippen molar-refractivity contribution in [1.29, 1.82) is 0 Å². The summed E-state index contributed by atoms with van der Waals surface area (Å²) in [5.41, 5.74) is 0. The quantitative estimate of drug-likeness (QED) is 0.0340. The van der Waals surface area contributed by atoms with Crippen LogP contribution in [0.15, 0.2) is 0 Å². The summed E-state index contributed by atoms with van der Waals surface area (Å²) in [5, 5.41) is 241. The lowest BCUT2D eigenvalue weighted by Crippen LogP contribution is -2.67. The van der Waals surface area contributed by atoms with Crippen LogP contribution in [0.3, 0.4) is 0 Å². The van der Waals surface area contributed by atoms with E-state index in [1.807, 2.05) is 0 Å². The molecular formula is C60H92O46. The van der Waals surface area contributed by atoms with Crippen LogP contribution in [0.1, 0.15) is 0 Å². The van der Waals surface area contributed by atoms with Gasteiger partial charge in [-0.3, -0.25) is 0 Å². The van der Waals surface area contributed by atoms with Crippen molar-refractivity contribution in [2.75, 3.05) is 66.1 Å². The van der Waals surface area contributed by atoms with Crippen molar-refractivity contribution in [3.05, 3.63) is 0 Å². The molecule has 0 spiro atoms. The number of rotatable bonds is 27. The molecule has 0 saturated carbocycles. The first-order valence-corrected chi connectivity index (χ1v) is 34.7. The van der Waals surface area contributed by atoms with Crippen LogP contribution >= 0.6 is 0 Å². The number of ether oxygens (including phenoxy) is 23. The molecule has 0 radical (unpaired) electrons. The minimum atomic E-state index is -2.07. The molecule has 608 valence electrons. The molecule has 5 unspecified atom stereocenters. The first-order valence-electron chi connectivity index (χ1n) is 34.7. The summed E-state index contributed by atoms with van der Waals surface area (Å²) < 4.78 is 135. The van der Waals surface area contributed by atoms with Crippen molar-refractivity contribution in [3.63, 3.8) is 0 Å². The molecule has 0 aromatic rings. The summed E-state index contributed by atoms with van der Waals surface area (Å²) in [7, 11) is 0. The molecule has 22 N–H and O–H groups in total. The average molecular weight is 1550 g/mol. The first-order chi connectivity index (χ1) is 50.8. The van der Waals surface area contributed by atoms with Crippen molar-refractivity contribution in [3.8, 4) is 0 Å². The highest BCUT2D eigenvalue weighted by atomic mass is 16.8. The molecule has 0 aromatic heterocycles. The fraction of sp³-hybridized carbons (Fsp3) is 0.983. The second kappa shape index (κ2) is 33.4. The van der Waals surface area contributed by atoms with Gasteiger partial charge in [-0.05, 0) is 0 Å². The zero-order chi connectivity index (χ0) is 75.3. The Morgan fingerprint density at radius 3 is 0.830 bits per heavy atom. The Hall–Kier alpha value is -2.13. The number of aliphatic hydroxyl groups excluding tert-OH is 22. The Balaban J connectivity index is 0.575. The summed E-state index contributed by atoms with van der Waals surface area (Å²) in [4.78, 5) is 11.5. The van der Waals surface area contributed by atoms with Gasteiger partial charge in [0.1, 0.15) is 244 Å². The van der Waals surface area contributed by atoms with Gasteiger partial charge in [0.25, 0.3) is 0 Å². The molecule has 46 heteroatoms. The van der Waals surface area contributed by atoms with Crippen LogP contribution in [0.5, 0.6) is 0 Å². The predicted molar refractivity (Wildman–Crippen MR) is 314 cm³/mol. The molecule has 0 amide bonds. The maximum absolute atomic E-state index is 11.9. The summed E-state index contributed by atoms with van der Waals surface area (Å²) in [6, 6.07) is 0. The van der Waals surface area contributed by atoms with E-state index < -0.39 is 334 Å². The summed E-state index contributed by atoms with van der Waals surface area (Å²) >= 11 is 0. The summed E-state index contributed by atoms with van der Waals surface area (Å²) in [6.45, 7) is -5.81. The largest absolute Gasteiger partial charge is 0.394 e. The zero-order valence-corrected chi connectivity index (χ0v) is 55.6. The lowest BCUT2D eigenvalue weighted by molar-refractivity contribution is -0.385. The normalized spacial score (nSPS) is 54.5. The molecule has 106 heavy (non-hydrogen) atoms. The van der Waals surface area contributed by atoms with Crippen LogP contribution in [0.25, 0.3) is 0 Å². The second-order valence-electron chi connectivity index (χ2n) is 28.2. The topological polar surface area (TPSA) is 674 Å². The monoisotopic (exact) mass is 1550 g/mol. The number of aldehydes is 1. The maximum atomic E-state index is 11.9. The molecule has 0 aliphatic carbocycles. The van der Waals surface area contributed by atoms with E-state index in [1.54, 1.807) is 0 Å². The lowest BCUT2D eigenvalue weighted by Gasteiger charge is -2.48. The fourth-order valence-corrected chi connectivity index (χ4v) is 15.8. The highest BCUT2D eigenvalue weighted by molar-refractivity contribution is 5.56. The van der Waals surface area contributed by atoms with Gasteiger partial charge in [-0.2, -0.15) is 0 Å². The van der Waals surface area contributed by atoms with Crippen molar-refractivity contribution in [2.45, 2.75) is 301 Å². The smallest absolute Gasteiger partial charge is 0.187 e. The van der Waals surface area contributed by atoms with E-state index >= 15 is 0 Å². The van der Waals surface area contributed by atoms with Crippen LogP contribution in [-0.4, -0.2) is 485 Å². The van der Waals surface area contributed by atoms with E-state index in [9.17, 15) is 117 Å². The van der Waals surface area contributed by atoms with Gasteiger partial charge in [0.15, 0.2) is 62.9 Å². The lowest BCUT2D eigenvalue weighted by atomic mass is 9.96. The van der Waals surface area contributed by atoms with Crippen LogP contribution in [-0.2, 0) is 114 Å². The molecule has 14 aliphatic rings. The van der Waals surface area contributed by atoms with Gasteiger partial charge < -0.3 is 226 Å². The molecular weight excluding hydrogens is 1460 g/mol. The van der Waals surface area contributed by atoms with E-state index in [2.05, 4.69) is 0 Å². The molecule has 10 bridgehead atoms. The molecule has 14 heterocycles. The van der Waals surface area contributed by atoms with Gasteiger partial charge >= 0.3 is 0 Å². The highest BCUT2D eigenvalue weighted by Gasteiger charge is 2.64. The van der Waals surface area contributed by atoms with E-state index in [1.165, 1.54) is 0 Å². The standard InChI is InChI=1S/C60H92O46/c61-1-12(67)23(69)38(13(68)2-62)98-57-34(80)48-39(19(94-57)8-85-48)99-54-31(77)45(25(71)15(4-64)90-54)104-59-36(82)50-41(21(96-59)10-87-50)101-56-33(79)47(27(73)17(6-66)92-56)106-60-37(83)51-42(22(97-60)11-88-51)102-55-32(78)46(26(72)16(5-65)91-55)105-58-35(81)49-40(20(95-58)9-86-49)100-53-30(76)44(24(70)14(3-63)89-53)103-52-29(75)43-28(74)18(93-52)7-84-43/h2,12-61,63-83H,1,3-11H2/t12-,13+,14-,15-,16-,17-,18+,19+,20+,21+,22+,23+,24+,25+,26+,27+,28?,29+,30-,31-,32-,33-,34+,35+,36+,37+,38-,39?,40?,41?,42?,43-,44+,45+,46+,47+,48+,49+,50+,51+,52+,53+,54+,55+,56+,57+,58+,59+,60+/m1/s1. The fourth-order valence-electron chi connectivity index (χ4n) is 15.8. The van der Waals surface area contributed by atoms with Crippen LogP contribution in [0.2, 0.25) is 0 Å². The number of carbonyl (C=O) groups is 1. The number of hydrogen-bond acceptors (Lipinski definition) is 46. The summed E-state index contributed by atoms with van der Waals surface area (Å²) in [6.07, 6.45) is -79.8. The van der Waals surface area contributed by atoms with Crippen molar-refractivity contribution < 1.29 is 226 Å². The van der Waals surface area contributed by atoms with Gasteiger partial charge in [-0.1, -0.05) is 0 Å². The van der Waals surface area contributed by atoms with Crippen LogP contribution in [0.4, 0.5) is 0 Å².